The Hall–Kier alpha value is -2.71. The van der Waals surface area contributed by atoms with E-state index in [0.717, 1.165) is 17.0 Å². The molecule has 1 atom stereocenters. The van der Waals surface area contributed by atoms with Crippen molar-refractivity contribution in [2.24, 2.45) is 0 Å². The maximum absolute atomic E-state index is 15.5. The number of fused-ring (bicyclic) bond motifs is 1. The van der Waals surface area contributed by atoms with E-state index in [0.29, 0.717) is 55.4 Å². The Morgan fingerprint density at radius 3 is 3.00 bits per heavy atom. The average molecular weight is 385 g/mol. The van der Waals surface area contributed by atoms with Gasteiger partial charge in [-0.2, -0.15) is 0 Å². The number of β-amino-alcohol motifs (C(OH)–C–C–N with tert-alkyl or cyclic N) is 1. The number of hydrogen-bond acceptors (Lipinski definition) is 7. The van der Waals surface area contributed by atoms with Crippen LogP contribution in [0.1, 0.15) is 23.4 Å². The lowest BCUT2D eigenvalue weighted by atomic mass is 9.98. The zero-order chi connectivity index (χ0) is 19.7. The highest BCUT2D eigenvalue weighted by Gasteiger charge is 2.28. The van der Waals surface area contributed by atoms with Gasteiger partial charge in [-0.05, 0) is 18.6 Å². The molecule has 2 aromatic rings. The fourth-order valence-corrected chi connectivity index (χ4v) is 3.60. The predicted molar refractivity (Wildman–Crippen MR) is 107 cm³/mol. The van der Waals surface area contributed by atoms with Crippen molar-refractivity contribution in [2.45, 2.75) is 25.9 Å². The first-order valence-corrected chi connectivity index (χ1v) is 9.42. The van der Waals surface area contributed by atoms with Gasteiger partial charge >= 0.3 is 0 Å². The number of halogens is 1. The lowest BCUT2D eigenvalue weighted by Crippen LogP contribution is -2.24. The molecule has 0 spiro atoms. The monoisotopic (exact) mass is 385 g/mol. The fraction of sp³-hybridized carbons (Fsp3) is 0.400. The highest BCUT2D eigenvalue weighted by atomic mass is 19.1. The van der Waals surface area contributed by atoms with Crippen molar-refractivity contribution in [1.29, 1.82) is 0 Å². The lowest BCUT2D eigenvalue weighted by Gasteiger charge is -2.17. The number of nitrogens with one attached hydrogen (secondary N) is 3. The number of anilines is 3. The van der Waals surface area contributed by atoms with Crippen LogP contribution in [0.25, 0.3) is 5.57 Å². The Kier molecular flexibility index (Phi) is 5.15. The Morgan fingerprint density at radius 2 is 2.18 bits per heavy atom. The first-order chi connectivity index (χ1) is 13.5. The van der Waals surface area contributed by atoms with E-state index in [2.05, 4.69) is 25.9 Å². The highest BCUT2D eigenvalue weighted by Crippen LogP contribution is 2.40. The molecule has 8 heteroatoms. The van der Waals surface area contributed by atoms with Gasteiger partial charge in [-0.3, -0.25) is 0 Å². The summed E-state index contributed by atoms with van der Waals surface area (Å²) in [6.45, 7) is 3.39. The van der Waals surface area contributed by atoms with Crippen LogP contribution in [0, 0.1) is 12.7 Å². The van der Waals surface area contributed by atoms with Crippen molar-refractivity contribution in [3.05, 3.63) is 41.0 Å². The summed E-state index contributed by atoms with van der Waals surface area (Å²) in [7, 11) is 1.82. The van der Waals surface area contributed by atoms with E-state index < -0.39 is 11.9 Å². The van der Waals surface area contributed by atoms with E-state index in [1.54, 1.807) is 6.07 Å². The second-order valence-corrected chi connectivity index (χ2v) is 7.03. The smallest absolute Gasteiger partial charge is 0.177 e. The molecule has 0 aliphatic carbocycles. The van der Waals surface area contributed by atoms with Crippen LogP contribution in [0.15, 0.2) is 18.2 Å². The molecule has 0 saturated carbocycles. The average Bonchev–Trinajstić information content (AvgIpc) is 3.01. The minimum atomic E-state index is -0.577. The molecule has 4 N–H and O–H groups in total. The number of aryl methyl sites for hydroxylation is 1. The van der Waals surface area contributed by atoms with Gasteiger partial charge in [-0.25, -0.2) is 14.4 Å². The largest absolute Gasteiger partial charge is 0.491 e. The van der Waals surface area contributed by atoms with Gasteiger partial charge in [0.05, 0.1) is 24.0 Å². The third kappa shape index (κ3) is 3.65. The van der Waals surface area contributed by atoms with Gasteiger partial charge < -0.3 is 25.8 Å². The number of aliphatic hydroxyl groups is 1. The zero-order valence-electron chi connectivity index (χ0n) is 16.0. The van der Waals surface area contributed by atoms with Gasteiger partial charge in [-0.15, -0.1) is 0 Å². The van der Waals surface area contributed by atoms with E-state index >= 15 is 4.39 Å². The maximum Gasteiger partial charge on any atom is 0.177 e. The minimum absolute atomic E-state index is 0.118. The first kappa shape index (κ1) is 18.6. The van der Waals surface area contributed by atoms with Crippen molar-refractivity contribution in [2.75, 3.05) is 37.4 Å². The van der Waals surface area contributed by atoms with Gasteiger partial charge in [0, 0.05) is 50.4 Å². The lowest BCUT2D eigenvalue weighted by molar-refractivity contribution is 0.180. The Labute approximate surface area is 163 Å². The molecule has 0 unspecified atom stereocenters. The molecule has 0 aromatic carbocycles. The number of aromatic nitrogens is 2. The van der Waals surface area contributed by atoms with Crippen LogP contribution in [0.2, 0.25) is 0 Å². The molecule has 4 heterocycles. The third-order valence-electron chi connectivity index (χ3n) is 4.89. The number of rotatable bonds is 4. The molecule has 4 rings (SSSR count). The van der Waals surface area contributed by atoms with Crippen LogP contribution in [0.3, 0.4) is 0 Å². The maximum atomic E-state index is 15.5. The summed E-state index contributed by atoms with van der Waals surface area (Å²) in [5.41, 5.74) is 3.51. The molecule has 2 aromatic heterocycles. The summed E-state index contributed by atoms with van der Waals surface area (Å²) in [5, 5.41) is 19.4. The second kappa shape index (κ2) is 7.73. The highest BCUT2D eigenvalue weighted by molar-refractivity contribution is 5.76. The van der Waals surface area contributed by atoms with Crippen LogP contribution in [-0.4, -0.2) is 47.9 Å². The molecule has 148 valence electrons. The van der Waals surface area contributed by atoms with E-state index in [1.807, 2.05) is 26.1 Å². The summed E-state index contributed by atoms with van der Waals surface area (Å²) in [4.78, 5) is 8.88. The number of ether oxygens (including phenoxy) is 1. The summed E-state index contributed by atoms with van der Waals surface area (Å²) < 4.78 is 21.3. The third-order valence-corrected chi connectivity index (χ3v) is 4.89. The van der Waals surface area contributed by atoms with Crippen molar-refractivity contribution >= 4 is 22.9 Å². The number of hydrogen-bond donors (Lipinski definition) is 4. The van der Waals surface area contributed by atoms with Crippen molar-refractivity contribution < 1.29 is 14.2 Å². The summed E-state index contributed by atoms with van der Waals surface area (Å²) >= 11 is 0. The molecule has 28 heavy (non-hydrogen) atoms. The van der Waals surface area contributed by atoms with Crippen LogP contribution >= 0.6 is 0 Å². The molecule has 0 radical (unpaired) electrons. The van der Waals surface area contributed by atoms with Crippen molar-refractivity contribution in [3.63, 3.8) is 0 Å². The normalized spacial score (nSPS) is 18.7. The second-order valence-electron chi connectivity index (χ2n) is 7.03. The van der Waals surface area contributed by atoms with Crippen LogP contribution < -0.4 is 20.7 Å². The SMILES string of the molecule is CNc1cc(C)nc(Nc2nc3c(c(C4=CCNC[C@H](O)C4)c2F)OCC3)c1. The van der Waals surface area contributed by atoms with Gasteiger partial charge in [0.1, 0.15) is 5.82 Å². The first-order valence-electron chi connectivity index (χ1n) is 9.42. The van der Waals surface area contributed by atoms with E-state index in [1.165, 1.54) is 0 Å². The quantitative estimate of drug-likeness (QED) is 0.642. The zero-order valence-corrected chi connectivity index (χ0v) is 16.0. The Bertz CT molecular complexity index is 931. The molecular formula is C20H24FN5O2. The van der Waals surface area contributed by atoms with Crippen molar-refractivity contribution in [1.82, 2.24) is 15.3 Å². The summed E-state index contributed by atoms with van der Waals surface area (Å²) in [5.74, 6) is 0.621. The van der Waals surface area contributed by atoms with E-state index in [4.69, 9.17) is 4.74 Å². The molecule has 2 aliphatic heterocycles. The number of nitrogens with zero attached hydrogens (tertiary/aromatic N) is 2. The molecule has 0 bridgehead atoms. The standard InChI is InChI=1S/C20H24FN5O2/c1-11-7-13(22-2)9-16(24-11)26-20-18(21)17(19-15(25-20)4-6-28-19)12-3-5-23-10-14(27)8-12/h3,7,9,14,23,27H,4-6,8,10H2,1-2H3,(H2,22,24,25,26)/t14-/m1/s1. The van der Waals surface area contributed by atoms with E-state index in [9.17, 15) is 5.11 Å². The van der Waals surface area contributed by atoms with Crippen LogP contribution in [0.5, 0.6) is 5.75 Å². The van der Waals surface area contributed by atoms with E-state index in [-0.39, 0.29) is 5.82 Å². The number of aliphatic hydroxyl groups excluding tert-OH is 1. The van der Waals surface area contributed by atoms with Gasteiger partial charge in [-0.1, -0.05) is 6.08 Å². The Morgan fingerprint density at radius 1 is 1.32 bits per heavy atom. The Balaban J connectivity index is 1.77. The molecule has 0 saturated heterocycles. The van der Waals surface area contributed by atoms with Gasteiger partial charge in [0.25, 0.3) is 0 Å². The molecular weight excluding hydrogens is 361 g/mol. The molecule has 7 nitrogen and oxygen atoms in total. The minimum Gasteiger partial charge on any atom is -0.491 e. The van der Waals surface area contributed by atoms with Crippen molar-refractivity contribution in [3.8, 4) is 5.75 Å². The predicted octanol–water partition coefficient (Wildman–Crippen LogP) is 2.38. The molecule has 0 fully saturated rings. The number of pyridine rings is 2. The van der Waals surface area contributed by atoms with Crippen LogP contribution in [0.4, 0.5) is 21.7 Å². The molecule has 0 amide bonds. The fourth-order valence-electron chi connectivity index (χ4n) is 3.60. The summed E-state index contributed by atoms with van der Waals surface area (Å²) in [6.07, 6.45) is 2.31. The molecule has 2 aliphatic rings. The van der Waals surface area contributed by atoms with Gasteiger partial charge in [0.2, 0.25) is 0 Å². The van der Waals surface area contributed by atoms with Crippen LogP contribution in [-0.2, 0) is 6.42 Å². The summed E-state index contributed by atoms with van der Waals surface area (Å²) in [6, 6.07) is 3.71. The topological polar surface area (TPSA) is 91.3 Å². The van der Waals surface area contributed by atoms with Gasteiger partial charge in [0.15, 0.2) is 17.4 Å².